The maximum atomic E-state index is 13.4. The molecular weight excluding hydrogens is 577 g/mol. The van der Waals surface area contributed by atoms with Crippen LogP contribution in [-0.4, -0.2) is 84.4 Å². The van der Waals surface area contributed by atoms with Crippen LogP contribution in [0.4, 0.5) is 0 Å². The molecule has 0 spiro atoms. The number of ether oxygens (including phenoxy) is 1. The number of carbonyl (C=O) groups is 2. The van der Waals surface area contributed by atoms with E-state index in [1.807, 2.05) is 24.3 Å². The summed E-state index contributed by atoms with van der Waals surface area (Å²) in [7, 11) is -4.56. The van der Waals surface area contributed by atoms with Crippen LogP contribution in [-0.2, 0) is 34.1 Å². The normalized spacial score (nSPS) is 15.5. The molecule has 1 fully saturated rings. The summed E-state index contributed by atoms with van der Waals surface area (Å²) in [6.45, 7) is 0.606. The van der Waals surface area contributed by atoms with E-state index in [2.05, 4.69) is 10.3 Å². The van der Waals surface area contributed by atoms with Crippen molar-refractivity contribution < 1.29 is 31.2 Å². The van der Waals surface area contributed by atoms with Crippen molar-refractivity contribution >= 4 is 53.2 Å². The Morgan fingerprint density at radius 1 is 1.12 bits per heavy atom. The smallest absolute Gasteiger partial charge is 0.253 e. The third kappa shape index (κ3) is 6.20. The highest BCUT2D eigenvalue weighted by Crippen LogP contribution is 2.52. The molecule has 11 nitrogen and oxygen atoms in total. The molecule has 0 bridgehead atoms. The number of rotatable bonds is 12. The summed E-state index contributed by atoms with van der Waals surface area (Å²) in [5.41, 5.74) is 2.77. The van der Waals surface area contributed by atoms with E-state index in [9.17, 15) is 26.4 Å². The first-order chi connectivity index (χ1) is 18.8. The summed E-state index contributed by atoms with van der Waals surface area (Å²) in [6, 6.07) is 12.7. The van der Waals surface area contributed by atoms with Crippen molar-refractivity contribution in [2.45, 2.75) is 17.6 Å². The number of likely N-dealkylation sites (N-methyl/N-ethyl adjacent to an activating group) is 1. The quantitative estimate of drug-likeness (QED) is 0.314. The van der Waals surface area contributed by atoms with E-state index in [1.165, 1.54) is 0 Å². The maximum absolute atomic E-state index is 13.4. The standard InChI is InChI=1S/C26H32N4O7S3/c1-30(13-14-37-2)23(31)18-6-4-17(5-7-18)19-8-11-21-22(16-19)38-25(29-21)26(20-9-10-20,39(3,33)34)24(32)28-12-15-40(27,35)36/h4-8,11,16,20H,9-10,12-15H2,1-3H3,(H,28,32)(H2,27,35,36). The molecule has 0 aliphatic heterocycles. The van der Waals surface area contributed by atoms with Crippen LogP contribution in [0.1, 0.15) is 28.2 Å². The fraction of sp³-hybridized carbons (Fsp3) is 0.423. The average molecular weight is 609 g/mol. The van der Waals surface area contributed by atoms with E-state index in [0.717, 1.165) is 28.7 Å². The van der Waals surface area contributed by atoms with Gasteiger partial charge in [0.2, 0.25) is 20.7 Å². The van der Waals surface area contributed by atoms with Gasteiger partial charge in [-0.1, -0.05) is 18.2 Å². The Kier molecular flexibility index (Phi) is 8.66. The maximum Gasteiger partial charge on any atom is 0.253 e. The van der Waals surface area contributed by atoms with Crippen molar-refractivity contribution in [3.05, 3.63) is 53.0 Å². The Balaban J connectivity index is 1.66. The van der Waals surface area contributed by atoms with Crippen LogP contribution in [0.25, 0.3) is 21.3 Å². The first-order valence-electron chi connectivity index (χ1n) is 12.5. The van der Waals surface area contributed by atoms with E-state index in [0.29, 0.717) is 41.8 Å². The zero-order valence-electron chi connectivity index (χ0n) is 22.4. The van der Waals surface area contributed by atoms with Gasteiger partial charge in [0.05, 0.1) is 22.6 Å². The van der Waals surface area contributed by atoms with E-state index >= 15 is 0 Å². The molecule has 216 valence electrons. The predicted molar refractivity (Wildman–Crippen MR) is 154 cm³/mol. The first-order valence-corrected chi connectivity index (χ1v) is 16.9. The van der Waals surface area contributed by atoms with Gasteiger partial charge in [0.15, 0.2) is 9.84 Å². The van der Waals surface area contributed by atoms with E-state index in [-0.39, 0.29) is 17.5 Å². The Morgan fingerprint density at radius 3 is 2.35 bits per heavy atom. The molecular formula is C26H32N4O7S3. The number of methoxy groups -OCH3 is 1. The monoisotopic (exact) mass is 608 g/mol. The van der Waals surface area contributed by atoms with Gasteiger partial charge in [-0.15, -0.1) is 11.3 Å². The Bertz CT molecular complexity index is 1630. The van der Waals surface area contributed by atoms with Crippen molar-refractivity contribution in [3.63, 3.8) is 0 Å². The lowest BCUT2D eigenvalue weighted by atomic mass is 10.0. The summed E-state index contributed by atoms with van der Waals surface area (Å²) >= 11 is 1.13. The number of nitrogens with two attached hydrogens (primary N) is 1. The molecule has 1 aromatic heterocycles. The SMILES string of the molecule is COCCN(C)C(=O)c1ccc(-c2ccc3nc(C(C(=O)NCCS(N)(=O)=O)(C4CC4)S(C)(=O)=O)sc3c2)cc1. The number of primary sulfonamides is 1. The van der Waals surface area contributed by atoms with Gasteiger partial charge in [-0.05, 0) is 54.2 Å². The van der Waals surface area contributed by atoms with Crippen LogP contribution in [0, 0.1) is 5.92 Å². The summed E-state index contributed by atoms with van der Waals surface area (Å²) in [4.78, 5) is 32.2. The lowest BCUT2D eigenvalue weighted by Crippen LogP contribution is -2.52. The van der Waals surface area contributed by atoms with Crippen molar-refractivity contribution in [2.24, 2.45) is 11.1 Å². The van der Waals surface area contributed by atoms with Gasteiger partial charge in [0, 0.05) is 39.1 Å². The lowest BCUT2D eigenvalue weighted by Gasteiger charge is -2.28. The van der Waals surface area contributed by atoms with E-state index in [4.69, 9.17) is 9.88 Å². The lowest BCUT2D eigenvalue weighted by molar-refractivity contribution is -0.124. The van der Waals surface area contributed by atoms with Gasteiger partial charge in [-0.2, -0.15) is 0 Å². The first kappa shape index (κ1) is 30.1. The Morgan fingerprint density at radius 2 is 1.77 bits per heavy atom. The highest BCUT2D eigenvalue weighted by atomic mass is 32.2. The molecule has 3 N–H and O–H groups in total. The van der Waals surface area contributed by atoms with Crippen LogP contribution in [0.15, 0.2) is 42.5 Å². The molecule has 40 heavy (non-hydrogen) atoms. The number of benzene rings is 2. The van der Waals surface area contributed by atoms with Gasteiger partial charge < -0.3 is 15.0 Å². The van der Waals surface area contributed by atoms with Crippen LogP contribution >= 0.6 is 11.3 Å². The fourth-order valence-electron chi connectivity index (χ4n) is 4.63. The number of aromatic nitrogens is 1. The highest BCUT2D eigenvalue weighted by Gasteiger charge is 2.61. The van der Waals surface area contributed by atoms with Gasteiger partial charge in [0.25, 0.3) is 5.91 Å². The summed E-state index contributed by atoms with van der Waals surface area (Å²) < 4.78 is 52.9. The molecule has 0 saturated heterocycles. The minimum Gasteiger partial charge on any atom is -0.383 e. The third-order valence-corrected chi connectivity index (χ3v) is 10.8. The molecule has 1 saturated carbocycles. The van der Waals surface area contributed by atoms with Crippen LogP contribution in [0.5, 0.6) is 0 Å². The number of hydrogen-bond acceptors (Lipinski definition) is 9. The number of nitrogens with zero attached hydrogens (tertiary/aromatic N) is 2. The summed E-state index contributed by atoms with van der Waals surface area (Å²) in [6.07, 6.45) is 2.07. The van der Waals surface area contributed by atoms with Gasteiger partial charge in [0.1, 0.15) is 5.01 Å². The Labute approximate surface area is 237 Å². The van der Waals surface area contributed by atoms with Crippen LogP contribution in [0.3, 0.4) is 0 Å². The number of thiazole rings is 1. The molecule has 1 aliphatic rings. The van der Waals surface area contributed by atoms with Crippen molar-refractivity contribution in [3.8, 4) is 11.1 Å². The molecule has 1 heterocycles. The minimum absolute atomic E-state index is 0.120. The zero-order chi connectivity index (χ0) is 29.3. The van der Waals surface area contributed by atoms with Crippen molar-refractivity contribution in [2.75, 3.05) is 45.9 Å². The van der Waals surface area contributed by atoms with Gasteiger partial charge in [-0.3, -0.25) is 9.59 Å². The molecule has 2 amide bonds. The fourth-order valence-corrected chi connectivity index (χ4v) is 8.38. The number of fused-ring (bicyclic) bond motifs is 1. The van der Waals surface area contributed by atoms with E-state index in [1.54, 1.807) is 37.3 Å². The van der Waals surface area contributed by atoms with E-state index < -0.39 is 42.2 Å². The van der Waals surface area contributed by atoms with Crippen molar-refractivity contribution in [1.82, 2.24) is 15.2 Å². The number of carbonyl (C=O) groups excluding carboxylic acids is 2. The second-order valence-corrected chi connectivity index (χ2v) is 14.9. The Hall–Kier alpha value is -2.91. The number of hydrogen-bond donors (Lipinski definition) is 2. The average Bonchev–Trinajstić information content (AvgIpc) is 3.63. The number of nitrogens with one attached hydrogen (secondary N) is 1. The minimum atomic E-state index is -4.01. The summed E-state index contributed by atoms with van der Waals surface area (Å²) in [5.74, 6) is -1.90. The number of sulfonamides is 1. The number of sulfone groups is 1. The van der Waals surface area contributed by atoms with Gasteiger partial charge >= 0.3 is 0 Å². The molecule has 3 aromatic rings. The second kappa shape index (κ2) is 11.5. The largest absolute Gasteiger partial charge is 0.383 e. The predicted octanol–water partition coefficient (Wildman–Crippen LogP) is 1.74. The van der Waals surface area contributed by atoms with Crippen LogP contribution in [0.2, 0.25) is 0 Å². The van der Waals surface area contributed by atoms with Crippen molar-refractivity contribution in [1.29, 1.82) is 0 Å². The molecule has 1 aliphatic carbocycles. The highest BCUT2D eigenvalue weighted by molar-refractivity contribution is 7.92. The molecule has 2 aromatic carbocycles. The molecule has 0 radical (unpaired) electrons. The molecule has 1 unspecified atom stereocenters. The third-order valence-electron chi connectivity index (χ3n) is 6.90. The zero-order valence-corrected chi connectivity index (χ0v) is 24.9. The molecule has 1 atom stereocenters. The summed E-state index contributed by atoms with van der Waals surface area (Å²) in [5, 5.41) is 7.66. The van der Waals surface area contributed by atoms with Crippen LogP contribution < -0.4 is 10.5 Å². The number of amides is 2. The topological polar surface area (TPSA) is 166 Å². The van der Waals surface area contributed by atoms with Gasteiger partial charge in [-0.25, -0.2) is 27.0 Å². The second-order valence-electron chi connectivity index (χ2n) is 9.90. The molecule has 4 rings (SSSR count). The molecule has 14 heteroatoms.